The van der Waals surface area contributed by atoms with Crippen molar-refractivity contribution in [2.75, 3.05) is 28.2 Å². The molecule has 3 fully saturated rings. The van der Waals surface area contributed by atoms with Crippen LogP contribution in [0.25, 0.3) is 0 Å². The summed E-state index contributed by atoms with van der Waals surface area (Å²) in [7, 11) is 7.16. The molecule has 0 aromatic rings. The van der Waals surface area contributed by atoms with Crippen molar-refractivity contribution in [3.05, 3.63) is 0 Å². The number of aliphatic hydroxyl groups is 1. The molecule has 0 spiro atoms. The van der Waals surface area contributed by atoms with Crippen LogP contribution < -0.4 is 29.6 Å². The first-order chi connectivity index (χ1) is 11.7. The largest absolute Gasteiger partial charge is 1.00 e. The van der Waals surface area contributed by atoms with Crippen molar-refractivity contribution in [3.63, 3.8) is 0 Å². The Labute approximate surface area is 192 Å². The second kappa shape index (κ2) is 12.1. The minimum atomic E-state index is -0.373. The Kier molecular flexibility index (Phi) is 12.2. The van der Waals surface area contributed by atoms with E-state index in [4.69, 9.17) is 4.74 Å². The van der Waals surface area contributed by atoms with Gasteiger partial charge in [-0.25, -0.2) is 0 Å². The maximum atomic E-state index is 11.5. The van der Waals surface area contributed by atoms with Crippen LogP contribution in [0.5, 0.6) is 0 Å². The number of carbonyl (C=O) groups excluding carboxylic acids is 2. The van der Waals surface area contributed by atoms with Crippen LogP contribution in [-0.2, 0) is 14.3 Å². The molecule has 1 saturated heterocycles. The van der Waals surface area contributed by atoms with Crippen LogP contribution in [0.4, 0.5) is 0 Å². The molecule has 3 rings (SSSR count). The molecule has 6 atom stereocenters. The van der Waals surface area contributed by atoms with Crippen molar-refractivity contribution in [1.29, 1.82) is 0 Å². The number of amides is 2. The number of epoxide rings is 1. The second-order valence-corrected chi connectivity index (χ2v) is 8.96. The minimum Gasteiger partial charge on any atom is -0.870 e. The summed E-state index contributed by atoms with van der Waals surface area (Å²) in [5.41, 5.74) is 0. The summed E-state index contributed by atoms with van der Waals surface area (Å²) in [6.07, 6.45) is 5.92. The molecule has 2 aliphatic carbocycles. The molecule has 9 heteroatoms. The fourth-order valence-corrected chi connectivity index (χ4v) is 4.17. The van der Waals surface area contributed by atoms with Gasteiger partial charge in [0, 0.05) is 44.9 Å². The third kappa shape index (κ3) is 7.91. The van der Waals surface area contributed by atoms with E-state index in [2.05, 4.69) is 15.9 Å². The zero-order valence-corrected chi connectivity index (χ0v) is 20.7. The topological polar surface area (TPSA) is 103 Å². The molecular formula is C18H32BrN2NaO5. The quantitative estimate of drug-likeness (QED) is 0.307. The molecule has 0 bridgehead atoms. The Morgan fingerprint density at radius 3 is 1.81 bits per heavy atom. The monoisotopic (exact) mass is 458 g/mol. The number of ether oxygens (including phenoxy) is 1. The molecule has 0 radical (unpaired) electrons. The molecule has 7 nitrogen and oxygen atoms in total. The number of aliphatic hydroxyl groups excluding tert-OH is 1. The number of hydrogen-bond acceptors (Lipinski definition) is 5. The van der Waals surface area contributed by atoms with E-state index in [9.17, 15) is 14.7 Å². The summed E-state index contributed by atoms with van der Waals surface area (Å²) in [5.74, 6) is 0.643. The summed E-state index contributed by atoms with van der Waals surface area (Å²) < 4.78 is 5.37. The average Bonchev–Trinajstić information content (AvgIpc) is 3.35. The molecule has 152 valence electrons. The molecule has 3 aliphatic rings. The number of nitrogens with zero attached hydrogens (tertiary/aromatic N) is 2. The number of alkyl halides is 1. The zero-order chi connectivity index (χ0) is 18.7. The van der Waals surface area contributed by atoms with E-state index in [-0.39, 0.29) is 69.6 Å². The summed E-state index contributed by atoms with van der Waals surface area (Å²) >= 11 is 3.39. The van der Waals surface area contributed by atoms with Gasteiger partial charge in [0.15, 0.2) is 0 Å². The first-order valence-corrected chi connectivity index (χ1v) is 10.0. The van der Waals surface area contributed by atoms with Gasteiger partial charge in [-0.1, -0.05) is 15.9 Å². The third-order valence-electron chi connectivity index (χ3n) is 5.32. The van der Waals surface area contributed by atoms with Crippen molar-refractivity contribution < 1.29 is 54.5 Å². The Morgan fingerprint density at radius 1 is 0.889 bits per heavy atom. The normalized spacial score (nSPS) is 33.7. The van der Waals surface area contributed by atoms with E-state index in [1.807, 2.05) is 14.1 Å². The predicted octanol–water partition coefficient (Wildman–Crippen LogP) is -1.53. The fraction of sp³-hybridized carbons (Fsp3) is 0.889. The van der Waals surface area contributed by atoms with Gasteiger partial charge in [-0.05, 0) is 38.5 Å². The minimum absolute atomic E-state index is 0. The molecular weight excluding hydrogens is 427 g/mol. The Morgan fingerprint density at radius 2 is 1.37 bits per heavy atom. The first-order valence-electron chi connectivity index (χ1n) is 9.10. The van der Waals surface area contributed by atoms with Crippen molar-refractivity contribution >= 4 is 27.7 Å². The van der Waals surface area contributed by atoms with E-state index < -0.39 is 0 Å². The third-order valence-corrected chi connectivity index (χ3v) is 6.39. The SMILES string of the molecule is CN(C)C(=O)[C@H]1CC[C@H](Br)[C@@H](O)C1.CN(C)C(=O)[C@H]1CC[C@H]2O[C@H]2C1.[Na+].[OH-]. The molecule has 2 N–H and O–H groups in total. The van der Waals surface area contributed by atoms with Crippen molar-refractivity contribution in [1.82, 2.24) is 9.80 Å². The van der Waals surface area contributed by atoms with Crippen LogP contribution in [0, 0.1) is 11.8 Å². The first kappa shape index (κ1) is 27.3. The molecule has 0 aromatic heterocycles. The maximum absolute atomic E-state index is 11.5. The number of hydrogen-bond donors (Lipinski definition) is 1. The molecule has 0 aromatic carbocycles. The Hall–Kier alpha value is 0.300. The van der Waals surface area contributed by atoms with Crippen molar-refractivity contribution in [2.45, 2.75) is 61.7 Å². The average molecular weight is 459 g/mol. The van der Waals surface area contributed by atoms with Crippen LogP contribution in [0.15, 0.2) is 0 Å². The standard InChI is InChI=1S/C9H16BrNO2.C9H15NO2.Na.H2O/c1-11(2)9(13)6-3-4-7(10)8(12)5-6;1-10(2)9(11)6-3-4-7-8(5-6)12-7;;/h6-8,12H,3-5H2,1-2H3;6-8H,3-5H2,1-2H3;;1H2/q;;+1;/p-1/t6-,7-,8-;6-,7+,8-;;/m00../s1. The number of rotatable bonds is 2. The fourth-order valence-electron chi connectivity index (χ4n) is 3.69. The van der Waals surface area contributed by atoms with E-state index in [0.29, 0.717) is 18.6 Å². The maximum Gasteiger partial charge on any atom is 1.00 e. The van der Waals surface area contributed by atoms with Gasteiger partial charge in [0.05, 0.1) is 18.3 Å². The van der Waals surface area contributed by atoms with E-state index in [1.165, 1.54) is 0 Å². The van der Waals surface area contributed by atoms with Crippen molar-refractivity contribution in [3.8, 4) is 0 Å². The molecule has 27 heavy (non-hydrogen) atoms. The summed E-state index contributed by atoms with van der Waals surface area (Å²) in [6.45, 7) is 0. The number of halogens is 1. The van der Waals surface area contributed by atoms with Crippen molar-refractivity contribution in [2.24, 2.45) is 11.8 Å². The van der Waals surface area contributed by atoms with Gasteiger partial charge in [-0.2, -0.15) is 0 Å². The van der Waals surface area contributed by atoms with Gasteiger partial charge in [0.1, 0.15) is 0 Å². The van der Waals surface area contributed by atoms with E-state index >= 15 is 0 Å². The molecule has 2 saturated carbocycles. The van der Waals surface area contributed by atoms with Gasteiger partial charge in [0.25, 0.3) is 0 Å². The van der Waals surface area contributed by atoms with Gasteiger partial charge in [0.2, 0.25) is 11.8 Å². The number of carbonyl (C=O) groups is 2. The van der Waals surface area contributed by atoms with Gasteiger partial charge in [-0.3, -0.25) is 9.59 Å². The molecule has 1 aliphatic heterocycles. The summed E-state index contributed by atoms with van der Waals surface area (Å²) in [4.78, 5) is 26.5. The molecule has 1 heterocycles. The van der Waals surface area contributed by atoms with Crippen LogP contribution in [-0.4, -0.2) is 83.5 Å². The van der Waals surface area contributed by atoms with Gasteiger partial charge in [-0.15, -0.1) is 0 Å². The smallest absolute Gasteiger partial charge is 0.870 e. The Bertz CT molecular complexity index is 494. The second-order valence-electron chi connectivity index (χ2n) is 7.78. The predicted molar refractivity (Wildman–Crippen MR) is 101 cm³/mol. The van der Waals surface area contributed by atoms with E-state index in [0.717, 1.165) is 32.1 Å². The summed E-state index contributed by atoms with van der Waals surface area (Å²) in [6, 6.07) is 0. The van der Waals surface area contributed by atoms with Gasteiger partial charge < -0.3 is 25.1 Å². The summed E-state index contributed by atoms with van der Waals surface area (Å²) in [5, 5.41) is 9.56. The van der Waals surface area contributed by atoms with E-state index in [1.54, 1.807) is 23.9 Å². The van der Waals surface area contributed by atoms with Crippen LogP contribution >= 0.6 is 15.9 Å². The van der Waals surface area contributed by atoms with Crippen LogP contribution in [0.1, 0.15) is 38.5 Å². The number of fused-ring (bicyclic) bond motifs is 1. The zero-order valence-electron chi connectivity index (χ0n) is 17.1. The van der Waals surface area contributed by atoms with Crippen LogP contribution in [0.2, 0.25) is 0 Å². The Balaban J connectivity index is 0.000000467. The van der Waals surface area contributed by atoms with Crippen LogP contribution in [0.3, 0.4) is 0 Å². The van der Waals surface area contributed by atoms with Gasteiger partial charge >= 0.3 is 29.6 Å². The molecule has 0 unspecified atom stereocenters. The molecule has 2 amide bonds.